The van der Waals surface area contributed by atoms with Gasteiger partial charge in [-0.15, -0.1) is 0 Å². The molecule has 0 radical (unpaired) electrons. The molecule has 0 bridgehead atoms. The summed E-state index contributed by atoms with van der Waals surface area (Å²) >= 11 is 0. The second-order valence-corrected chi connectivity index (χ2v) is 6.01. The molecule has 1 atom stereocenters. The van der Waals surface area contributed by atoms with Crippen LogP contribution in [0.5, 0.6) is 5.75 Å². The Balaban J connectivity index is 2.86. The van der Waals surface area contributed by atoms with Gasteiger partial charge in [-0.25, -0.2) is 4.39 Å². The lowest BCUT2D eigenvalue weighted by Gasteiger charge is -2.32. The number of halogens is 1. The van der Waals surface area contributed by atoms with Crippen molar-refractivity contribution < 1.29 is 13.9 Å². The van der Waals surface area contributed by atoms with E-state index < -0.39 is 5.41 Å². The Morgan fingerprint density at radius 3 is 2.16 bits per heavy atom. The lowest BCUT2D eigenvalue weighted by Crippen LogP contribution is -2.38. The maximum atomic E-state index is 12.8. The molecular formula is C16H23FO2. The van der Waals surface area contributed by atoms with Gasteiger partial charge in [0.15, 0.2) is 0 Å². The van der Waals surface area contributed by atoms with Gasteiger partial charge in [-0.05, 0) is 49.4 Å². The fraction of sp³-hybridized carbons (Fsp3) is 0.562. The third-order valence-corrected chi connectivity index (χ3v) is 3.60. The van der Waals surface area contributed by atoms with E-state index in [9.17, 15) is 9.18 Å². The van der Waals surface area contributed by atoms with Gasteiger partial charge in [0.25, 0.3) is 0 Å². The lowest BCUT2D eigenvalue weighted by atomic mass is 9.73. The Bertz CT molecular complexity index is 423. The smallest absolute Gasteiger partial charge is 0.317 e. The number of benzene rings is 1. The van der Waals surface area contributed by atoms with Gasteiger partial charge in [-0.3, -0.25) is 4.79 Å². The minimum absolute atomic E-state index is 0.183. The molecule has 0 fully saturated rings. The van der Waals surface area contributed by atoms with E-state index in [-0.39, 0.29) is 17.7 Å². The van der Waals surface area contributed by atoms with Crippen LogP contribution >= 0.6 is 0 Å². The Hall–Kier alpha value is -1.38. The summed E-state index contributed by atoms with van der Waals surface area (Å²) in [6, 6.07) is 5.53. The van der Waals surface area contributed by atoms with Crippen molar-refractivity contribution in [2.24, 2.45) is 17.3 Å². The van der Waals surface area contributed by atoms with Crippen LogP contribution in [-0.2, 0) is 4.79 Å². The van der Waals surface area contributed by atoms with Crippen LogP contribution in [-0.4, -0.2) is 5.97 Å². The van der Waals surface area contributed by atoms with Crippen molar-refractivity contribution in [3.63, 3.8) is 0 Å². The van der Waals surface area contributed by atoms with Gasteiger partial charge in [0, 0.05) is 0 Å². The molecule has 1 aromatic carbocycles. The number of esters is 1. The van der Waals surface area contributed by atoms with E-state index >= 15 is 0 Å². The summed E-state index contributed by atoms with van der Waals surface area (Å²) in [7, 11) is 0. The summed E-state index contributed by atoms with van der Waals surface area (Å²) in [5.41, 5.74) is -0.525. The average molecular weight is 266 g/mol. The van der Waals surface area contributed by atoms with Crippen LogP contribution < -0.4 is 4.74 Å². The molecule has 1 rings (SSSR count). The molecule has 0 aliphatic carbocycles. The van der Waals surface area contributed by atoms with E-state index in [1.54, 1.807) is 0 Å². The molecule has 0 spiro atoms. The van der Waals surface area contributed by atoms with Gasteiger partial charge in [0.1, 0.15) is 11.6 Å². The first-order chi connectivity index (χ1) is 8.75. The molecule has 2 nitrogen and oxygen atoms in total. The van der Waals surface area contributed by atoms with Crippen LogP contribution in [0.1, 0.15) is 41.0 Å². The molecule has 0 aliphatic rings. The highest BCUT2D eigenvalue weighted by molar-refractivity contribution is 5.79. The zero-order valence-electron chi connectivity index (χ0n) is 12.4. The van der Waals surface area contributed by atoms with Crippen LogP contribution in [0.2, 0.25) is 0 Å². The van der Waals surface area contributed by atoms with Crippen LogP contribution in [0.25, 0.3) is 0 Å². The zero-order valence-corrected chi connectivity index (χ0v) is 12.4. The van der Waals surface area contributed by atoms with Gasteiger partial charge in [-0.1, -0.05) is 27.7 Å². The minimum Gasteiger partial charge on any atom is -0.426 e. The van der Waals surface area contributed by atoms with Crippen molar-refractivity contribution >= 4 is 5.97 Å². The summed E-state index contributed by atoms with van der Waals surface area (Å²) in [6.45, 7) is 10.2. The lowest BCUT2D eigenvalue weighted by molar-refractivity contribution is -0.148. The monoisotopic (exact) mass is 266 g/mol. The topological polar surface area (TPSA) is 26.3 Å². The third-order valence-electron chi connectivity index (χ3n) is 3.60. The molecule has 0 saturated carbocycles. The van der Waals surface area contributed by atoms with E-state index in [1.807, 2.05) is 20.8 Å². The number of ether oxygens (including phenoxy) is 1. The van der Waals surface area contributed by atoms with Crippen molar-refractivity contribution in [1.82, 2.24) is 0 Å². The second-order valence-electron chi connectivity index (χ2n) is 6.01. The minimum atomic E-state index is -0.525. The fourth-order valence-electron chi connectivity index (χ4n) is 2.13. The molecule has 0 aromatic heterocycles. The van der Waals surface area contributed by atoms with Gasteiger partial charge in [0.2, 0.25) is 0 Å². The predicted octanol–water partition coefficient (Wildman–Crippen LogP) is 4.44. The molecule has 1 aromatic rings. The first-order valence-corrected chi connectivity index (χ1v) is 6.73. The third kappa shape index (κ3) is 4.05. The SMILES string of the molecule is CC(C)CC(C)(C(=O)Oc1ccc(F)cc1)C(C)C. The number of carbonyl (C=O) groups is 1. The number of rotatable bonds is 5. The van der Waals surface area contributed by atoms with Crippen molar-refractivity contribution in [2.75, 3.05) is 0 Å². The number of hydrogen-bond donors (Lipinski definition) is 0. The quantitative estimate of drug-likeness (QED) is 0.581. The van der Waals surface area contributed by atoms with Crippen LogP contribution in [0.4, 0.5) is 4.39 Å². The molecule has 106 valence electrons. The maximum Gasteiger partial charge on any atom is 0.317 e. The van der Waals surface area contributed by atoms with Gasteiger partial charge < -0.3 is 4.74 Å². The first kappa shape index (κ1) is 15.7. The van der Waals surface area contributed by atoms with Crippen molar-refractivity contribution in [3.8, 4) is 5.75 Å². The summed E-state index contributed by atoms with van der Waals surface area (Å²) in [6.07, 6.45) is 0.769. The number of hydrogen-bond acceptors (Lipinski definition) is 2. The molecule has 0 aliphatic heterocycles. The molecule has 0 saturated heterocycles. The van der Waals surface area contributed by atoms with E-state index in [0.29, 0.717) is 11.7 Å². The highest BCUT2D eigenvalue weighted by Gasteiger charge is 2.38. The summed E-state index contributed by atoms with van der Waals surface area (Å²) in [5, 5.41) is 0. The van der Waals surface area contributed by atoms with E-state index in [2.05, 4.69) is 13.8 Å². The van der Waals surface area contributed by atoms with E-state index in [0.717, 1.165) is 6.42 Å². The first-order valence-electron chi connectivity index (χ1n) is 6.73. The van der Waals surface area contributed by atoms with Crippen LogP contribution in [0.3, 0.4) is 0 Å². The fourth-order valence-corrected chi connectivity index (χ4v) is 2.13. The van der Waals surface area contributed by atoms with Crippen molar-refractivity contribution in [1.29, 1.82) is 0 Å². The van der Waals surface area contributed by atoms with E-state index in [4.69, 9.17) is 4.74 Å². The van der Waals surface area contributed by atoms with Gasteiger partial charge in [-0.2, -0.15) is 0 Å². The Labute approximate surface area is 115 Å². The summed E-state index contributed by atoms with van der Waals surface area (Å²) in [4.78, 5) is 12.4. The maximum absolute atomic E-state index is 12.8. The van der Waals surface area contributed by atoms with Crippen LogP contribution in [0, 0.1) is 23.1 Å². The van der Waals surface area contributed by atoms with Crippen LogP contribution in [0.15, 0.2) is 24.3 Å². The molecule has 1 unspecified atom stereocenters. The Kier molecular flexibility index (Phi) is 5.10. The van der Waals surface area contributed by atoms with Crippen molar-refractivity contribution in [3.05, 3.63) is 30.1 Å². The summed E-state index contributed by atoms with van der Waals surface area (Å²) in [5.74, 6) is 0.398. The largest absolute Gasteiger partial charge is 0.426 e. The zero-order chi connectivity index (χ0) is 14.6. The van der Waals surface area contributed by atoms with Gasteiger partial charge in [0.05, 0.1) is 5.41 Å². The summed E-state index contributed by atoms with van der Waals surface area (Å²) < 4.78 is 18.2. The molecule has 0 heterocycles. The Morgan fingerprint density at radius 1 is 1.21 bits per heavy atom. The highest BCUT2D eigenvalue weighted by atomic mass is 19.1. The van der Waals surface area contributed by atoms with Gasteiger partial charge >= 0.3 is 5.97 Å². The average Bonchev–Trinajstić information content (AvgIpc) is 2.30. The molecule has 0 amide bonds. The second kappa shape index (κ2) is 6.18. The molecule has 19 heavy (non-hydrogen) atoms. The van der Waals surface area contributed by atoms with Crippen molar-refractivity contribution in [2.45, 2.75) is 41.0 Å². The Morgan fingerprint density at radius 2 is 1.74 bits per heavy atom. The standard InChI is InChI=1S/C16H23FO2/c1-11(2)10-16(5,12(3)4)15(18)19-14-8-6-13(17)7-9-14/h6-9,11-12H,10H2,1-5H3. The molecule has 0 N–H and O–H groups in total. The number of carbonyl (C=O) groups excluding carboxylic acids is 1. The normalized spacial score (nSPS) is 14.5. The predicted molar refractivity (Wildman–Crippen MR) is 74.4 cm³/mol. The molecular weight excluding hydrogens is 243 g/mol. The highest BCUT2D eigenvalue weighted by Crippen LogP contribution is 2.36. The van der Waals surface area contributed by atoms with E-state index in [1.165, 1.54) is 24.3 Å². The molecule has 3 heteroatoms.